The van der Waals surface area contributed by atoms with Crippen LogP contribution >= 0.6 is 0 Å². The number of carboxylic acid groups (broad SMARTS) is 1. The Labute approximate surface area is 325 Å². The summed E-state index contributed by atoms with van der Waals surface area (Å²) in [5.74, 6) is -2.23. The van der Waals surface area contributed by atoms with Gasteiger partial charge in [-0.15, -0.1) is 0 Å². The second kappa shape index (κ2) is 16.5. The Hall–Kier alpha value is -2.76. The van der Waals surface area contributed by atoms with E-state index < -0.39 is 86.4 Å². The quantitative estimate of drug-likeness (QED) is 0.0532. The number of hydrogen-bond acceptors (Lipinski definition) is 14. The molecule has 20 heteroatoms. The summed E-state index contributed by atoms with van der Waals surface area (Å²) in [6.45, 7) is 6.02. The van der Waals surface area contributed by atoms with Gasteiger partial charge in [0.25, 0.3) is 0 Å². The van der Waals surface area contributed by atoms with Gasteiger partial charge in [-0.2, -0.15) is 16.8 Å². The van der Waals surface area contributed by atoms with Crippen molar-refractivity contribution in [2.24, 2.45) is 34.5 Å². The first-order chi connectivity index (χ1) is 26.2. The van der Waals surface area contributed by atoms with Crippen molar-refractivity contribution < 1.29 is 73.8 Å². The number of benzene rings is 1. The van der Waals surface area contributed by atoms with E-state index >= 15 is 0 Å². The molecule has 1 spiro atoms. The molecule has 8 N–H and O–H groups in total. The van der Waals surface area contributed by atoms with E-state index in [9.17, 15) is 56.0 Å². The summed E-state index contributed by atoms with van der Waals surface area (Å²) in [4.78, 5) is 25.2. The monoisotopic (exact) mass is 832 g/mol. The van der Waals surface area contributed by atoms with E-state index in [0.717, 1.165) is 30.4 Å². The molecule has 2 bridgehead atoms. The van der Waals surface area contributed by atoms with Crippen molar-refractivity contribution in [2.75, 3.05) is 19.6 Å². The number of hydrogen-bond donors (Lipinski definition) is 8. The van der Waals surface area contributed by atoms with Crippen LogP contribution in [0.1, 0.15) is 63.9 Å². The zero-order chi connectivity index (χ0) is 40.8. The fourth-order valence-electron chi connectivity index (χ4n) is 10.7. The minimum Gasteiger partial charge on any atom is -0.508 e. The highest BCUT2D eigenvalue weighted by Gasteiger charge is 2.67. The van der Waals surface area contributed by atoms with Crippen molar-refractivity contribution in [2.45, 2.75) is 108 Å². The number of aliphatic hydroxyl groups is 2. The fourth-order valence-corrected chi connectivity index (χ4v) is 11.8. The Morgan fingerprint density at radius 2 is 1.66 bits per heavy atom. The van der Waals surface area contributed by atoms with Gasteiger partial charge in [-0.1, -0.05) is 25.6 Å². The molecule has 5 fully saturated rings. The summed E-state index contributed by atoms with van der Waals surface area (Å²) in [5.41, 5.74) is 0.544. The van der Waals surface area contributed by atoms with Crippen LogP contribution in [-0.4, -0.2) is 121 Å². The van der Waals surface area contributed by atoms with Crippen LogP contribution in [0.5, 0.6) is 5.75 Å². The summed E-state index contributed by atoms with van der Waals surface area (Å²) < 4.78 is 88.6. The number of aromatic hydroxyl groups is 1. The van der Waals surface area contributed by atoms with E-state index in [1.807, 2.05) is 6.92 Å². The summed E-state index contributed by atoms with van der Waals surface area (Å²) >= 11 is 0. The Balaban J connectivity index is 1.17. The molecule has 8 unspecified atom stereocenters. The van der Waals surface area contributed by atoms with E-state index in [1.54, 1.807) is 12.1 Å². The second-order valence-corrected chi connectivity index (χ2v) is 18.4. The molecule has 314 valence electrons. The van der Waals surface area contributed by atoms with Gasteiger partial charge in [0.15, 0.2) is 6.29 Å². The molecule has 1 aromatic rings. The molecule has 6 rings (SSSR count). The van der Waals surface area contributed by atoms with Crippen molar-refractivity contribution in [3.63, 3.8) is 0 Å². The van der Waals surface area contributed by atoms with Crippen LogP contribution in [0.15, 0.2) is 36.4 Å². The molecule has 4 saturated carbocycles. The number of carbonyl (C=O) groups is 2. The number of aliphatic hydroxyl groups excluding tert-OH is 2. The number of phenols is 1. The van der Waals surface area contributed by atoms with Crippen LogP contribution in [0, 0.1) is 34.5 Å². The third-order valence-corrected chi connectivity index (χ3v) is 14.0. The predicted molar refractivity (Wildman–Crippen MR) is 194 cm³/mol. The number of carbonyl (C=O) groups excluding carboxylic acids is 1. The first kappa shape index (κ1) is 42.8. The van der Waals surface area contributed by atoms with Gasteiger partial charge in [0, 0.05) is 31.5 Å². The maximum atomic E-state index is 12.8. The average Bonchev–Trinajstić information content (AvgIpc) is 3.28. The molecule has 18 nitrogen and oxygen atoms in total. The molecule has 1 aliphatic heterocycles. The lowest BCUT2D eigenvalue weighted by Gasteiger charge is -2.62. The van der Waals surface area contributed by atoms with Gasteiger partial charge in [-0.05, 0) is 97.8 Å². The van der Waals surface area contributed by atoms with Crippen LogP contribution in [0.25, 0.3) is 0 Å². The highest BCUT2D eigenvalue weighted by atomic mass is 32.3. The van der Waals surface area contributed by atoms with E-state index in [4.69, 9.17) is 17.8 Å². The molecule has 4 aliphatic carbocycles. The predicted octanol–water partition coefficient (Wildman–Crippen LogP) is 1.12. The molecule has 1 saturated heterocycles. The van der Waals surface area contributed by atoms with Gasteiger partial charge in [0.2, 0.25) is 5.91 Å². The first-order valence-corrected chi connectivity index (χ1v) is 21.6. The molecule has 1 heterocycles. The summed E-state index contributed by atoms with van der Waals surface area (Å²) in [5, 5.41) is 48.4. The largest absolute Gasteiger partial charge is 0.508 e. The zero-order valence-electron chi connectivity index (χ0n) is 30.9. The normalized spacial score (nSPS) is 38.4. The Kier molecular flexibility index (Phi) is 12.6. The summed E-state index contributed by atoms with van der Waals surface area (Å²) in [6, 6.07) is 6.40. The Bertz CT molecular complexity index is 1850. The standard InChI is InChI=1S/C36H52N2O16S2/c1-19-21-6-9-27-35(2)17-23(15-24(33(43)44)25(35)11-12-36(27,16-21)32(19)42)51-34-29(41)31(54-56(48,49)50)30(53-55(45,46)47)26(52-34)18-37-13-14-38-28(40)10-5-20-3-7-22(39)8-4-20/h3-4,7-8,21,23-27,29-32,34,37,39,41-42H,1,5-6,9-18H2,2H3,(H,38,40)(H,43,44)(H,45,46,47)(H,48,49,50)/t21?,23?,24?,25?,26-,27?,29?,30+,31+,32-,34+,35?,36?/m0/s1. The lowest BCUT2D eigenvalue weighted by Crippen LogP contribution is -2.64. The molecule has 5 aliphatic rings. The maximum Gasteiger partial charge on any atom is 0.397 e. The topological polar surface area (TPSA) is 285 Å². The van der Waals surface area contributed by atoms with Crippen molar-refractivity contribution in [1.82, 2.24) is 10.6 Å². The highest BCUT2D eigenvalue weighted by molar-refractivity contribution is 7.81. The zero-order valence-corrected chi connectivity index (χ0v) is 32.6. The van der Waals surface area contributed by atoms with E-state index in [0.29, 0.717) is 25.7 Å². The molecule has 1 amide bonds. The van der Waals surface area contributed by atoms with E-state index in [1.165, 1.54) is 12.1 Å². The third kappa shape index (κ3) is 9.10. The number of carboxylic acids is 1. The van der Waals surface area contributed by atoms with Gasteiger partial charge in [-0.25, -0.2) is 8.37 Å². The number of rotatable bonds is 15. The number of ether oxygens (including phenoxy) is 2. The van der Waals surface area contributed by atoms with Gasteiger partial charge in [0.1, 0.15) is 30.2 Å². The lowest BCUT2D eigenvalue weighted by atomic mass is 9.43. The fraction of sp³-hybridized carbons (Fsp3) is 0.722. The van der Waals surface area contributed by atoms with Crippen LogP contribution in [0.4, 0.5) is 0 Å². The van der Waals surface area contributed by atoms with Crippen LogP contribution in [0.3, 0.4) is 0 Å². The number of aliphatic carboxylic acids is 1. The molecular formula is C36H52N2O16S2. The Morgan fingerprint density at radius 1 is 0.982 bits per heavy atom. The van der Waals surface area contributed by atoms with E-state index in [2.05, 4.69) is 17.2 Å². The molecule has 56 heavy (non-hydrogen) atoms. The van der Waals surface area contributed by atoms with Crippen molar-refractivity contribution >= 4 is 32.7 Å². The van der Waals surface area contributed by atoms with Crippen LogP contribution < -0.4 is 10.6 Å². The molecule has 0 radical (unpaired) electrons. The van der Waals surface area contributed by atoms with Gasteiger partial charge >= 0.3 is 26.8 Å². The number of amides is 1. The molecule has 13 atom stereocenters. The number of aryl methyl sites for hydroxylation is 1. The smallest absolute Gasteiger partial charge is 0.397 e. The third-order valence-electron chi connectivity index (χ3n) is 13.0. The average molecular weight is 833 g/mol. The number of fused-ring (bicyclic) bond motifs is 3. The van der Waals surface area contributed by atoms with Gasteiger partial charge in [-0.3, -0.25) is 18.7 Å². The minimum absolute atomic E-state index is 0.00388. The van der Waals surface area contributed by atoms with Crippen LogP contribution in [-0.2, 0) is 54.6 Å². The number of nitrogens with one attached hydrogen (secondary N) is 2. The lowest BCUT2D eigenvalue weighted by molar-refractivity contribution is -0.309. The summed E-state index contributed by atoms with van der Waals surface area (Å²) in [6.07, 6.45) is -6.89. The van der Waals surface area contributed by atoms with E-state index in [-0.39, 0.29) is 61.9 Å². The second-order valence-electron chi connectivity index (χ2n) is 16.3. The Morgan fingerprint density at radius 3 is 2.32 bits per heavy atom. The van der Waals surface area contributed by atoms with Crippen molar-refractivity contribution in [1.29, 1.82) is 0 Å². The number of phenolic OH excluding ortho intramolecular Hbond substituents is 1. The molecular weight excluding hydrogens is 781 g/mol. The highest BCUT2D eigenvalue weighted by Crippen LogP contribution is 2.70. The van der Waals surface area contributed by atoms with Crippen LogP contribution in [0.2, 0.25) is 0 Å². The minimum atomic E-state index is -5.38. The van der Waals surface area contributed by atoms with Gasteiger partial charge < -0.3 is 40.5 Å². The molecule has 0 aromatic heterocycles. The molecule has 1 aromatic carbocycles. The van der Waals surface area contributed by atoms with Crippen molar-refractivity contribution in [3.8, 4) is 5.75 Å². The van der Waals surface area contributed by atoms with Gasteiger partial charge in [0.05, 0.1) is 18.1 Å². The first-order valence-electron chi connectivity index (χ1n) is 18.9. The van der Waals surface area contributed by atoms with Crippen molar-refractivity contribution in [3.05, 3.63) is 42.0 Å². The maximum absolute atomic E-state index is 12.8. The SMILES string of the molecule is C=C1C2CCC3C4(C)CC(O[C@@H]5O[C@@H](CNCCNC(=O)CCc6ccc(O)cc6)[C@@H](OS(=O)(=O)O)[C@H](OS(=O)(=O)O)C5O)CC(C(=O)O)C4CCC3(C2)[C@H]1O. The summed E-state index contributed by atoms with van der Waals surface area (Å²) in [7, 11) is -10.7.